The van der Waals surface area contributed by atoms with E-state index in [9.17, 15) is 4.79 Å². The molecule has 0 aromatic carbocycles. The van der Waals surface area contributed by atoms with Gasteiger partial charge >= 0.3 is 0 Å². The molecule has 1 aromatic rings. The first-order valence-electron chi connectivity index (χ1n) is 6.34. The molecule has 18 heavy (non-hydrogen) atoms. The molecule has 1 aliphatic carbocycles. The fourth-order valence-electron chi connectivity index (χ4n) is 2.14. The fraction of sp³-hybridized carbons (Fsp3) is 0.615. The van der Waals surface area contributed by atoms with E-state index in [0.29, 0.717) is 12.6 Å². The van der Waals surface area contributed by atoms with Crippen LogP contribution in [0.4, 0.5) is 0 Å². The Hall–Kier alpha value is -0.230. The van der Waals surface area contributed by atoms with Gasteiger partial charge in [0.25, 0.3) is 0 Å². The zero-order valence-electron chi connectivity index (χ0n) is 10.3. The molecule has 100 valence electrons. The topological polar surface area (TPSA) is 40.5 Å². The van der Waals surface area contributed by atoms with E-state index < -0.39 is 0 Å². The summed E-state index contributed by atoms with van der Waals surface area (Å²) in [6.45, 7) is 1.50. The number of nitrogens with zero attached hydrogens (tertiary/aromatic N) is 1. The van der Waals surface area contributed by atoms with Gasteiger partial charge < -0.3 is 5.11 Å². The Balaban J connectivity index is 1.92. The Bertz CT molecular complexity index is 403. The number of aliphatic hydroxyl groups excluding tert-OH is 1. The molecule has 5 heteroatoms. The molecule has 0 unspecified atom stereocenters. The lowest BCUT2D eigenvalue weighted by atomic mass is 9.91. The van der Waals surface area contributed by atoms with Gasteiger partial charge in [-0.25, -0.2) is 0 Å². The average molecular weight is 332 g/mol. The normalized spacial score (nSPS) is 15.9. The summed E-state index contributed by atoms with van der Waals surface area (Å²) in [6, 6.07) is 4.34. The first-order valence-corrected chi connectivity index (χ1v) is 7.95. The minimum atomic E-state index is 0.190. The Morgan fingerprint density at radius 1 is 1.50 bits per heavy atom. The quantitative estimate of drug-likeness (QED) is 0.781. The van der Waals surface area contributed by atoms with Crippen LogP contribution in [-0.2, 0) is 0 Å². The van der Waals surface area contributed by atoms with Crippen molar-refractivity contribution in [2.24, 2.45) is 0 Å². The second-order valence-electron chi connectivity index (χ2n) is 4.66. The Labute approximate surface area is 120 Å². The monoisotopic (exact) mass is 331 g/mol. The molecule has 2 rings (SSSR count). The van der Waals surface area contributed by atoms with Gasteiger partial charge in [0.1, 0.15) is 0 Å². The highest BCUT2D eigenvalue weighted by Crippen LogP contribution is 2.27. The first-order chi connectivity index (χ1) is 8.70. The summed E-state index contributed by atoms with van der Waals surface area (Å²) in [5, 5.41) is 8.93. The van der Waals surface area contributed by atoms with Gasteiger partial charge in [0, 0.05) is 19.2 Å². The lowest BCUT2D eigenvalue weighted by Gasteiger charge is -2.37. The molecule has 1 aromatic heterocycles. The summed E-state index contributed by atoms with van der Waals surface area (Å²) in [5.41, 5.74) is 0. The Morgan fingerprint density at radius 3 is 2.78 bits per heavy atom. The zero-order chi connectivity index (χ0) is 13.0. The summed E-state index contributed by atoms with van der Waals surface area (Å²) in [5.74, 6) is 0.190. The summed E-state index contributed by atoms with van der Waals surface area (Å²) in [4.78, 5) is 15.2. The maximum atomic E-state index is 12.2. The van der Waals surface area contributed by atoms with Gasteiger partial charge in [0.05, 0.1) is 15.2 Å². The highest BCUT2D eigenvalue weighted by atomic mass is 79.9. The number of halogens is 1. The summed E-state index contributed by atoms with van der Waals surface area (Å²) < 4.78 is 0.997. The van der Waals surface area contributed by atoms with E-state index in [1.807, 2.05) is 12.1 Å². The largest absolute Gasteiger partial charge is 0.396 e. The molecule has 0 aliphatic heterocycles. The van der Waals surface area contributed by atoms with Crippen LogP contribution < -0.4 is 0 Å². The second kappa shape index (κ2) is 6.80. The van der Waals surface area contributed by atoms with Gasteiger partial charge in [0.15, 0.2) is 5.78 Å². The molecule has 3 nitrogen and oxygen atoms in total. The number of aliphatic hydroxyl groups is 1. The van der Waals surface area contributed by atoms with E-state index in [1.54, 1.807) is 0 Å². The zero-order valence-corrected chi connectivity index (χ0v) is 12.7. The number of Topliss-reactive ketones (excluding diaryl/α,β-unsaturated/α-hetero) is 1. The van der Waals surface area contributed by atoms with Crippen LogP contribution in [0, 0.1) is 0 Å². The van der Waals surface area contributed by atoms with Crippen LogP contribution in [0.2, 0.25) is 0 Å². The van der Waals surface area contributed by atoms with E-state index in [1.165, 1.54) is 30.6 Å². The third kappa shape index (κ3) is 3.63. The second-order valence-corrected chi connectivity index (χ2v) is 7.12. The molecule has 0 saturated heterocycles. The van der Waals surface area contributed by atoms with Crippen LogP contribution in [0.1, 0.15) is 35.4 Å². The van der Waals surface area contributed by atoms with E-state index in [4.69, 9.17) is 5.11 Å². The number of thiophene rings is 1. The van der Waals surface area contributed by atoms with Crippen LogP contribution in [0.5, 0.6) is 0 Å². The van der Waals surface area contributed by atoms with E-state index in [0.717, 1.165) is 21.6 Å². The van der Waals surface area contributed by atoms with Gasteiger partial charge in [-0.1, -0.05) is 6.42 Å². The lowest BCUT2D eigenvalue weighted by Crippen LogP contribution is -2.43. The van der Waals surface area contributed by atoms with Crippen molar-refractivity contribution in [3.8, 4) is 0 Å². The smallest absolute Gasteiger partial charge is 0.186 e. The van der Waals surface area contributed by atoms with Gasteiger partial charge in [-0.2, -0.15) is 0 Å². The number of carbonyl (C=O) groups excluding carboxylic acids is 1. The number of hydrogen-bond donors (Lipinski definition) is 1. The van der Waals surface area contributed by atoms with Gasteiger partial charge in [-0.05, 0) is 47.3 Å². The predicted molar refractivity (Wildman–Crippen MR) is 77.3 cm³/mol. The van der Waals surface area contributed by atoms with Gasteiger partial charge in [-0.3, -0.25) is 9.69 Å². The van der Waals surface area contributed by atoms with Crippen molar-refractivity contribution < 1.29 is 9.90 Å². The van der Waals surface area contributed by atoms with Crippen molar-refractivity contribution in [2.45, 2.75) is 31.7 Å². The van der Waals surface area contributed by atoms with Crippen molar-refractivity contribution in [2.75, 3.05) is 19.7 Å². The fourth-order valence-corrected chi connectivity index (χ4v) is 3.46. The summed E-state index contributed by atoms with van der Waals surface area (Å²) in [7, 11) is 0. The van der Waals surface area contributed by atoms with E-state index >= 15 is 0 Å². The van der Waals surface area contributed by atoms with Gasteiger partial charge in [0.2, 0.25) is 0 Å². The molecule has 0 atom stereocenters. The maximum Gasteiger partial charge on any atom is 0.186 e. The average Bonchev–Trinajstić information content (AvgIpc) is 2.70. The van der Waals surface area contributed by atoms with Crippen LogP contribution in [0.15, 0.2) is 15.9 Å². The Kier molecular flexibility index (Phi) is 5.36. The molecule has 0 bridgehead atoms. The highest BCUT2D eigenvalue weighted by molar-refractivity contribution is 9.11. The molecule has 1 aliphatic rings. The van der Waals surface area contributed by atoms with E-state index in [2.05, 4.69) is 20.8 Å². The molecule has 1 fully saturated rings. The molecular formula is C13H18BrNO2S. The molecular weight excluding hydrogens is 314 g/mol. The molecule has 0 radical (unpaired) electrons. The molecule has 0 spiro atoms. The maximum absolute atomic E-state index is 12.2. The summed E-state index contributed by atoms with van der Waals surface area (Å²) in [6.07, 6.45) is 4.39. The number of rotatable bonds is 7. The van der Waals surface area contributed by atoms with Crippen LogP contribution in [0.25, 0.3) is 0 Å². The van der Waals surface area contributed by atoms with Crippen molar-refractivity contribution in [1.82, 2.24) is 4.90 Å². The molecule has 1 heterocycles. The van der Waals surface area contributed by atoms with Crippen LogP contribution in [0.3, 0.4) is 0 Å². The molecule has 1 saturated carbocycles. The molecule has 0 amide bonds. The number of ketones is 1. The molecule has 1 N–H and O–H groups in total. The SMILES string of the molecule is O=C(CN(CCCO)C1CCC1)c1ccc(Br)s1. The van der Waals surface area contributed by atoms with Crippen molar-refractivity contribution in [3.63, 3.8) is 0 Å². The highest BCUT2D eigenvalue weighted by Gasteiger charge is 2.26. The minimum Gasteiger partial charge on any atom is -0.396 e. The van der Waals surface area contributed by atoms with Crippen molar-refractivity contribution in [3.05, 3.63) is 20.8 Å². The number of carbonyl (C=O) groups is 1. The van der Waals surface area contributed by atoms with Gasteiger partial charge in [-0.15, -0.1) is 11.3 Å². The lowest BCUT2D eigenvalue weighted by molar-refractivity contribution is 0.0791. The van der Waals surface area contributed by atoms with Crippen LogP contribution >= 0.6 is 27.3 Å². The predicted octanol–water partition coefficient (Wildman–Crippen LogP) is 2.93. The minimum absolute atomic E-state index is 0.190. The first kappa shape index (κ1) is 14.2. The number of hydrogen-bond acceptors (Lipinski definition) is 4. The van der Waals surface area contributed by atoms with Crippen molar-refractivity contribution in [1.29, 1.82) is 0 Å². The third-order valence-corrected chi connectivity index (χ3v) is 5.05. The third-order valence-electron chi connectivity index (χ3n) is 3.39. The van der Waals surface area contributed by atoms with E-state index in [-0.39, 0.29) is 12.4 Å². The summed E-state index contributed by atoms with van der Waals surface area (Å²) >= 11 is 4.87. The Morgan fingerprint density at radius 2 is 2.28 bits per heavy atom. The standard InChI is InChI=1S/C13H18BrNO2S/c14-13-6-5-12(18-13)11(17)9-15(7-2-8-16)10-3-1-4-10/h5-6,10,16H,1-4,7-9H2. The van der Waals surface area contributed by atoms with Crippen molar-refractivity contribution >= 4 is 33.0 Å². The van der Waals surface area contributed by atoms with Crippen LogP contribution in [-0.4, -0.2) is 41.5 Å².